The van der Waals surface area contributed by atoms with Crippen LogP contribution in [0.2, 0.25) is 10.0 Å². The van der Waals surface area contributed by atoms with Crippen molar-refractivity contribution in [3.8, 4) is 5.75 Å². The standard InChI is InChI=1S/C18H11BrCl2N2O3S/c19-13-6-9(5-12-16(24)22-18(27)23-17(12)25)1-4-15(13)26-8-10-2-3-11(20)7-14(10)21/h1-7H,8H2,(H2,22,23,24,25,27). The first-order valence-electron chi connectivity index (χ1n) is 7.58. The molecule has 3 rings (SSSR count). The van der Waals surface area contributed by atoms with Gasteiger partial charge in [0.2, 0.25) is 0 Å². The Labute approximate surface area is 178 Å². The third-order valence-electron chi connectivity index (χ3n) is 3.61. The lowest BCUT2D eigenvalue weighted by atomic mass is 10.1. The smallest absolute Gasteiger partial charge is 0.263 e. The number of benzene rings is 2. The second-order valence-electron chi connectivity index (χ2n) is 5.51. The van der Waals surface area contributed by atoms with E-state index in [0.29, 0.717) is 25.8 Å². The molecule has 0 aliphatic carbocycles. The van der Waals surface area contributed by atoms with Gasteiger partial charge in [-0.3, -0.25) is 20.2 Å². The molecule has 2 N–H and O–H groups in total. The van der Waals surface area contributed by atoms with Crippen molar-refractivity contribution in [1.29, 1.82) is 0 Å². The molecule has 138 valence electrons. The van der Waals surface area contributed by atoms with Crippen LogP contribution in [0.3, 0.4) is 0 Å². The quantitative estimate of drug-likeness (QED) is 0.386. The molecule has 1 aliphatic heterocycles. The molecule has 0 spiro atoms. The van der Waals surface area contributed by atoms with Crippen LogP contribution >= 0.6 is 51.3 Å². The van der Waals surface area contributed by atoms with Crippen LogP contribution in [0.15, 0.2) is 46.4 Å². The van der Waals surface area contributed by atoms with Gasteiger partial charge in [-0.25, -0.2) is 0 Å². The van der Waals surface area contributed by atoms with Crippen LogP contribution in [0.25, 0.3) is 6.08 Å². The summed E-state index contributed by atoms with van der Waals surface area (Å²) < 4.78 is 6.44. The number of carbonyl (C=O) groups is 2. The number of amides is 2. The second kappa shape index (κ2) is 8.39. The Balaban J connectivity index is 1.76. The fourth-order valence-corrected chi connectivity index (χ4v) is 3.45. The molecule has 27 heavy (non-hydrogen) atoms. The van der Waals surface area contributed by atoms with Crippen LogP contribution in [0.5, 0.6) is 5.75 Å². The van der Waals surface area contributed by atoms with Crippen LogP contribution in [0, 0.1) is 0 Å². The monoisotopic (exact) mass is 484 g/mol. The van der Waals surface area contributed by atoms with E-state index in [0.717, 1.165) is 5.56 Å². The van der Waals surface area contributed by atoms with Crippen molar-refractivity contribution in [3.05, 3.63) is 67.6 Å². The van der Waals surface area contributed by atoms with E-state index in [9.17, 15) is 9.59 Å². The second-order valence-corrected chi connectivity index (χ2v) is 7.62. The average molecular weight is 486 g/mol. The molecule has 0 radical (unpaired) electrons. The highest BCUT2D eigenvalue weighted by molar-refractivity contribution is 9.10. The van der Waals surface area contributed by atoms with Crippen molar-refractivity contribution >= 4 is 74.4 Å². The largest absolute Gasteiger partial charge is 0.488 e. The summed E-state index contributed by atoms with van der Waals surface area (Å²) in [6, 6.07) is 10.4. The maximum absolute atomic E-state index is 11.9. The van der Waals surface area contributed by atoms with Crippen molar-refractivity contribution in [2.45, 2.75) is 6.61 Å². The van der Waals surface area contributed by atoms with Crippen molar-refractivity contribution in [2.75, 3.05) is 0 Å². The number of thiocarbonyl (C=S) groups is 1. The van der Waals surface area contributed by atoms with E-state index in [1.54, 1.807) is 36.4 Å². The van der Waals surface area contributed by atoms with Gasteiger partial charge in [0, 0.05) is 15.6 Å². The topological polar surface area (TPSA) is 67.4 Å². The van der Waals surface area contributed by atoms with E-state index < -0.39 is 11.8 Å². The number of nitrogens with one attached hydrogen (secondary N) is 2. The zero-order valence-electron chi connectivity index (χ0n) is 13.5. The minimum absolute atomic E-state index is 0.00654. The van der Waals surface area contributed by atoms with Gasteiger partial charge in [-0.2, -0.15) is 0 Å². The lowest BCUT2D eigenvalue weighted by molar-refractivity contribution is -0.123. The SMILES string of the molecule is O=C1NC(=S)NC(=O)C1=Cc1ccc(OCc2ccc(Cl)cc2Cl)c(Br)c1. The van der Waals surface area contributed by atoms with Gasteiger partial charge in [-0.1, -0.05) is 35.3 Å². The molecule has 0 saturated carbocycles. The molecule has 9 heteroatoms. The van der Waals surface area contributed by atoms with E-state index in [-0.39, 0.29) is 17.3 Å². The first-order chi connectivity index (χ1) is 12.8. The number of rotatable bonds is 4. The molecule has 1 saturated heterocycles. The minimum Gasteiger partial charge on any atom is -0.488 e. The predicted octanol–water partition coefficient (Wildman–Crippen LogP) is 4.25. The minimum atomic E-state index is -0.544. The summed E-state index contributed by atoms with van der Waals surface area (Å²) in [5.74, 6) is -0.503. The van der Waals surface area contributed by atoms with Gasteiger partial charge in [-0.05, 0) is 64.1 Å². The van der Waals surface area contributed by atoms with Crippen LogP contribution < -0.4 is 15.4 Å². The van der Waals surface area contributed by atoms with Gasteiger partial charge in [-0.15, -0.1) is 0 Å². The van der Waals surface area contributed by atoms with Gasteiger partial charge >= 0.3 is 0 Å². The van der Waals surface area contributed by atoms with Gasteiger partial charge in [0.05, 0.1) is 4.47 Å². The zero-order valence-corrected chi connectivity index (χ0v) is 17.4. The van der Waals surface area contributed by atoms with Crippen LogP contribution in [-0.2, 0) is 16.2 Å². The van der Waals surface area contributed by atoms with Gasteiger partial charge in [0.1, 0.15) is 17.9 Å². The summed E-state index contributed by atoms with van der Waals surface area (Å²) in [6.07, 6.45) is 1.47. The molecule has 1 fully saturated rings. The molecular formula is C18H11BrCl2N2O3S. The Kier molecular flexibility index (Phi) is 6.16. The molecule has 0 unspecified atom stereocenters. The Hall–Kier alpha value is -1.93. The molecule has 0 atom stereocenters. The molecule has 2 aromatic carbocycles. The summed E-state index contributed by atoms with van der Waals surface area (Å²) in [7, 11) is 0. The molecule has 2 aromatic rings. The molecule has 0 bridgehead atoms. The lowest BCUT2D eigenvalue weighted by Crippen LogP contribution is -2.51. The van der Waals surface area contributed by atoms with Crippen molar-refractivity contribution < 1.29 is 14.3 Å². The fraction of sp³-hybridized carbons (Fsp3) is 0.0556. The number of hydrogen-bond donors (Lipinski definition) is 2. The Morgan fingerprint density at radius 1 is 1.07 bits per heavy atom. The van der Waals surface area contributed by atoms with Crippen LogP contribution in [-0.4, -0.2) is 16.9 Å². The third kappa shape index (κ3) is 4.87. The normalized spacial score (nSPS) is 13.9. The molecule has 1 heterocycles. The fourth-order valence-electron chi connectivity index (χ4n) is 2.29. The van der Waals surface area contributed by atoms with Crippen molar-refractivity contribution in [1.82, 2.24) is 10.6 Å². The summed E-state index contributed by atoms with van der Waals surface area (Å²) in [4.78, 5) is 23.8. The summed E-state index contributed by atoms with van der Waals surface area (Å²) in [5.41, 5.74) is 1.41. The van der Waals surface area contributed by atoms with E-state index >= 15 is 0 Å². The number of ether oxygens (including phenoxy) is 1. The maximum atomic E-state index is 11.9. The van der Waals surface area contributed by atoms with E-state index in [4.69, 9.17) is 40.2 Å². The molecule has 1 aliphatic rings. The highest BCUT2D eigenvalue weighted by atomic mass is 79.9. The Bertz CT molecular complexity index is 973. The van der Waals surface area contributed by atoms with E-state index in [1.165, 1.54) is 6.08 Å². The highest BCUT2D eigenvalue weighted by Gasteiger charge is 2.25. The van der Waals surface area contributed by atoms with Crippen LogP contribution in [0.4, 0.5) is 0 Å². The summed E-state index contributed by atoms with van der Waals surface area (Å²) in [6.45, 7) is 0.261. The predicted molar refractivity (Wildman–Crippen MR) is 112 cm³/mol. The number of carbonyl (C=O) groups excluding carboxylic acids is 2. The third-order valence-corrected chi connectivity index (χ3v) is 5.02. The van der Waals surface area contributed by atoms with Gasteiger partial charge in [0.15, 0.2) is 5.11 Å². The average Bonchev–Trinajstić information content (AvgIpc) is 2.58. The highest BCUT2D eigenvalue weighted by Crippen LogP contribution is 2.29. The molecule has 5 nitrogen and oxygen atoms in total. The Morgan fingerprint density at radius 2 is 1.78 bits per heavy atom. The van der Waals surface area contributed by atoms with Crippen molar-refractivity contribution in [3.63, 3.8) is 0 Å². The first-order valence-corrected chi connectivity index (χ1v) is 9.54. The molecule has 2 amide bonds. The number of hydrogen-bond acceptors (Lipinski definition) is 4. The van der Waals surface area contributed by atoms with Crippen LogP contribution in [0.1, 0.15) is 11.1 Å². The van der Waals surface area contributed by atoms with Gasteiger partial charge in [0.25, 0.3) is 11.8 Å². The first kappa shape index (κ1) is 19.8. The van der Waals surface area contributed by atoms with Gasteiger partial charge < -0.3 is 4.74 Å². The van der Waals surface area contributed by atoms with Crippen molar-refractivity contribution in [2.24, 2.45) is 0 Å². The maximum Gasteiger partial charge on any atom is 0.263 e. The van der Waals surface area contributed by atoms with E-state index in [2.05, 4.69) is 26.6 Å². The number of halogens is 3. The molecule has 0 aromatic heterocycles. The zero-order chi connectivity index (χ0) is 19.6. The molecular weight excluding hydrogens is 475 g/mol. The lowest BCUT2D eigenvalue weighted by Gasteiger charge is -2.16. The van der Waals surface area contributed by atoms with E-state index in [1.807, 2.05) is 0 Å². The summed E-state index contributed by atoms with van der Waals surface area (Å²) in [5, 5.41) is 5.84. The Morgan fingerprint density at radius 3 is 2.41 bits per heavy atom. The summed E-state index contributed by atoms with van der Waals surface area (Å²) >= 11 is 20.2.